The summed E-state index contributed by atoms with van der Waals surface area (Å²) in [5.41, 5.74) is 0.886. The molecule has 0 radical (unpaired) electrons. The zero-order chi connectivity index (χ0) is 16.7. The van der Waals surface area contributed by atoms with Crippen LogP contribution in [-0.4, -0.2) is 34.8 Å². The maximum atomic E-state index is 12.6. The minimum absolute atomic E-state index is 0.205. The molecule has 23 heavy (non-hydrogen) atoms. The van der Waals surface area contributed by atoms with Gasteiger partial charge in [0.1, 0.15) is 18.2 Å². The number of rotatable bonds is 2. The van der Waals surface area contributed by atoms with Crippen LogP contribution in [0.2, 0.25) is 5.02 Å². The standard InChI is InChI=1S/C15H13ClN4O3/c1-18-13-12(7-11(8-17-13)20(22)23)15(21)19(2)14(18)9-3-5-10(16)6-4-9/h3-8,14H,1-2H3. The van der Waals surface area contributed by atoms with Crippen LogP contribution >= 0.6 is 11.6 Å². The van der Waals surface area contributed by atoms with Gasteiger partial charge in [0.2, 0.25) is 0 Å². The van der Waals surface area contributed by atoms with Crippen LogP contribution in [0.5, 0.6) is 0 Å². The highest BCUT2D eigenvalue weighted by atomic mass is 35.5. The number of anilines is 1. The molecule has 1 aliphatic heterocycles. The summed E-state index contributed by atoms with van der Waals surface area (Å²) in [5, 5.41) is 11.5. The molecule has 0 saturated carbocycles. The fourth-order valence-corrected chi connectivity index (χ4v) is 2.87. The first-order valence-corrected chi connectivity index (χ1v) is 7.18. The van der Waals surface area contributed by atoms with Crippen molar-refractivity contribution < 1.29 is 9.72 Å². The monoisotopic (exact) mass is 332 g/mol. The minimum Gasteiger partial charge on any atom is -0.335 e. The van der Waals surface area contributed by atoms with Gasteiger partial charge >= 0.3 is 0 Å². The van der Waals surface area contributed by atoms with Crippen molar-refractivity contribution >= 4 is 29.0 Å². The van der Waals surface area contributed by atoms with E-state index >= 15 is 0 Å². The molecule has 118 valence electrons. The van der Waals surface area contributed by atoms with Gasteiger partial charge < -0.3 is 9.80 Å². The Morgan fingerprint density at radius 3 is 2.48 bits per heavy atom. The number of carbonyl (C=O) groups excluding carboxylic acids is 1. The molecule has 2 aromatic rings. The number of nitrogens with zero attached hydrogens (tertiary/aromatic N) is 4. The summed E-state index contributed by atoms with van der Waals surface area (Å²) in [6, 6.07) is 8.44. The number of fused-ring (bicyclic) bond motifs is 1. The molecule has 8 heteroatoms. The molecule has 1 aromatic heterocycles. The lowest BCUT2D eigenvalue weighted by Gasteiger charge is -2.41. The van der Waals surface area contributed by atoms with Crippen LogP contribution < -0.4 is 4.90 Å². The molecule has 1 atom stereocenters. The van der Waals surface area contributed by atoms with E-state index in [4.69, 9.17) is 11.6 Å². The average molecular weight is 333 g/mol. The predicted octanol–water partition coefficient (Wildman–Crippen LogP) is 2.86. The number of amides is 1. The van der Waals surface area contributed by atoms with Gasteiger partial charge in [0.15, 0.2) is 0 Å². The maximum Gasteiger partial charge on any atom is 0.288 e. The lowest BCUT2D eigenvalue weighted by molar-refractivity contribution is -0.385. The third-order valence-electron chi connectivity index (χ3n) is 3.85. The van der Waals surface area contributed by atoms with Crippen molar-refractivity contribution in [3.8, 4) is 0 Å². The van der Waals surface area contributed by atoms with Crippen molar-refractivity contribution in [1.82, 2.24) is 9.88 Å². The largest absolute Gasteiger partial charge is 0.335 e. The molecule has 1 amide bonds. The Balaban J connectivity index is 2.09. The highest BCUT2D eigenvalue weighted by Gasteiger charge is 2.36. The van der Waals surface area contributed by atoms with E-state index < -0.39 is 4.92 Å². The first-order chi connectivity index (χ1) is 10.9. The number of pyridine rings is 1. The zero-order valence-electron chi connectivity index (χ0n) is 12.4. The molecule has 0 fully saturated rings. The molecular formula is C15H13ClN4O3. The quantitative estimate of drug-likeness (QED) is 0.624. The molecule has 0 saturated heterocycles. The summed E-state index contributed by atoms with van der Waals surface area (Å²) in [7, 11) is 3.44. The fraction of sp³-hybridized carbons (Fsp3) is 0.200. The number of halogens is 1. The van der Waals surface area contributed by atoms with E-state index in [9.17, 15) is 14.9 Å². The second-order valence-corrected chi connectivity index (χ2v) is 5.71. The summed E-state index contributed by atoms with van der Waals surface area (Å²) in [5.74, 6) is 0.105. The molecule has 3 rings (SSSR count). The van der Waals surface area contributed by atoms with Gasteiger partial charge in [-0.05, 0) is 17.7 Å². The van der Waals surface area contributed by atoms with E-state index in [-0.39, 0.29) is 23.3 Å². The normalized spacial score (nSPS) is 17.2. The lowest BCUT2D eigenvalue weighted by Crippen LogP contribution is -2.46. The summed E-state index contributed by atoms with van der Waals surface area (Å²) in [6.07, 6.45) is 0.800. The van der Waals surface area contributed by atoms with Gasteiger partial charge in [0, 0.05) is 25.2 Å². The maximum absolute atomic E-state index is 12.6. The smallest absolute Gasteiger partial charge is 0.288 e. The topological polar surface area (TPSA) is 79.6 Å². The Morgan fingerprint density at radius 1 is 1.22 bits per heavy atom. The SMILES string of the molecule is CN1C(=O)c2cc([N+](=O)[O-])cnc2N(C)C1c1ccc(Cl)cc1. The Hall–Kier alpha value is -2.67. The van der Waals surface area contributed by atoms with E-state index in [0.717, 1.165) is 11.8 Å². The van der Waals surface area contributed by atoms with Gasteiger partial charge in [-0.25, -0.2) is 4.98 Å². The lowest BCUT2D eigenvalue weighted by atomic mass is 10.1. The number of nitro groups is 1. The second kappa shape index (κ2) is 5.51. The van der Waals surface area contributed by atoms with Gasteiger partial charge in [0.05, 0.1) is 10.5 Å². The summed E-state index contributed by atoms with van der Waals surface area (Å²) in [4.78, 5) is 30.4. The predicted molar refractivity (Wildman–Crippen MR) is 85.6 cm³/mol. The first kappa shape index (κ1) is 15.2. The van der Waals surface area contributed by atoms with Gasteiger partial charge in [0.25, 0.3) is 11.6 Å². The Kier molecular flexibility index (Phi) is 3.65. The highest BCUT2D eigenvalue weighted by Crippen LogP contribution is 2.36. The minimum atomic E-state index is -0.564. The van der Waals surface area contributed by atoms with Gasteiger partial charge in [-0.3, -0.25) is 14.9 Å². The Morgan fingerprint density at radius 2 is 1.87 bits per heavy atom. The van der Waals surface area contributed by atoms with Crippen LogP contribution in [0.25, 0.3) is 0 Å². The molecule has 1 aliphatic rings. The summed E-state index contributed by atoms with van der Waals surface area (Å²) >= 11 is 5.91. The zero-order valence-corrected chi connectivity index (χ0v) is 13.2. The number of hydrogen-bond acceptors (Lipinski definition) is 5. The average Bonchev–Trinajstić information content (AvgIpc) is 2.54. The number of aromatic nitrogens is 1. The Labute approximate surface area is 137 Å². The molecule has 1 aromatic carbocycles. The highest BCUT2D eigenvalue weighted by molar-refractivity contribution is 6.30. The van der Waals surface area contributed by atoms with Gasteiger partial charge in [-0.15, -0.1) is 0 Å². The van der Waals surface area contributed by atoms with Crippen LogP contribution in [0.3, 0.4) is 0 Å². The van der Waals surface area contributed by atoms with E-state index in [1.165, 1.54) is 11.0 Å². The van der Waals surface area contributed by atoms with Crippen LogP contribution in [0.4, 0.5) is 11.5 Å². The molecule has 0 spiro atoms. The molecule has 1 unspecified atom stereocenters. The van der Waals surface area contributed by atoms with Crippen molar-refractivity contribution in [2.75, 3.05) is 19.0 Å². The Bertz CT molecular complexity index is 794. The van der Waals surface area contributed by atoms with Crippen LogP contribution in [0.15, 0.2) is 36.5 Å². The van der Waals surface area contributed by atoms with E-state index in [2.05, 4.69) is 4.98 Å². The summed E-state index contributed by atoms with van der Waals surface area (Å²) in [6.45, 7) is 0. The number of benzene rings is 1. The third kappa shape index (κ3) is 2.49. The third-order valence-corrected chi connectivity index (χ3v) is 4.10. The number of carbonyl (C=O) groups is 1. The molecular weight excluding hydrogens is 320 g/mol. The fourth-order valence-electron chi connectivity index (χ4n) is 2.74. The van der Waals surface area contributed by atoms with E-state index in [1.54, 1.807) is 26.2 Å². The molecule has 0 bridgehead atoms. The molecule has 7 nitrogen and oxygen atoms in total. The van der Waals surface area contributed by atoms with Gasteiger partial charge in [-0.2, -0.15) is 0 Å². The molecule has 2 heterocycles. The van der Waals surface area contributed by atoms with Gasteiger partial charge in [-0.1, -0.05) is 23.7 Å². The van der Waals surface area contributed by atoms with Crippen molar-refractivity contribution in [1.29, 1.82) is 0 Å². The van der Waals surface area contributed by atoms with Crippen molar-refractivity contribution in [3.05, 3.63) is 62.8 Å². The van der Waals surface area contributed by atoms with Crippen LogP contribution in [0.1, 0.15) is 22.1 Å². The van der Waals surface area contributed by atoms with E-state index in [1.807, 2.05) is 17.0 Å². The van der Waals surface area contributed by atoms with Crippen molar-refractivity contribution in [2.24, 2.45) is 0 Å². The van der Waals surface area contributed by atoms with E-state index in [0.29, 0.717) is 10.8 Å². The second-order valence-electron chi connectivity index (χ2n) is 5.27. The van der Waals surface area contributed by atoms with Crippen molar-refractivity contribution in [3.63, 3.8) is 0 Å². The molecule has 0 N–H and O–H groups in total. The summed E-state index contributed by atoms with van der Waals surface area (Å²) < 4.78 is 0. The first-order valence-electron chi connectivity index (χ1n) is 6.80. The number of hydrogen-bond donors (Lipinski definition) is 0. The van der Waals surface area contributed by atoms with Crippen LogP contribution in [-0.2, 0) is 0 Å². The molecule has 0 aliphatic carbocycles. The van der Waals surface area contributed by atoms with Crippen LogP contribution in [0, 0.1) is 10.1 Å². The van der Waals surface area contributed by atoms with Crippen molar-refractivity contribution in [2.45, 2.75) is 6.17 Å².